The molecule has 2 aromatic heterocycles. The Balaban J connectivity index is 1.98. The molecule has 5 nitrogen and oxygen atoms in total. The van der Waals surface area contributed by atoms with E-state index in [0.29, 0.717) is 5.76 Å². The number of amides is 1. The van der Waals surface area contributed by atoms with Crippen molar-refractivity contribution in [3.05, 3.63) is 41.6 Å². The fraction of sp³-hybridized carbons (Fsp3) is 0.333. The van der Waals surface area contributed by atoms with Crippen LogP contribution in [0.3, 0.4) is 0 Å². The van der Waals surface area contributed by atoms with Crippen LogP contribution in [0, 0.1) is 0 Å². The van der Waals surface area contributed by atoms with Gasteiger partial charge in [0.15, 0.2) is 5.76 Å². The molecule has 0 aliphatic heterocycles. The molecule has 0 spiro atoms. The number of aromatic amines is 1. The van der Waals surface area contributed by atoms with Gasteiger partial charge in [-0.2, -0.15) is 16.9 Å². The van der Waals surface area contributed by atoms with E-state index in [2.05, 4.69) is 15.5 Å². The van der Waals surface area contributed by atoms with E-state index in [1.807, 2.05) is 19.2 Å². The Morgan fingerprint density at radius 2 is 2.44 bits per heavy atom. The van der Waals surface area contributed by atoms with Gasteiger partial charge in [0, 0.05) is 11.8 Å². The minimum Gasteiger partial charge on any atom is -0.455 e. The van der Waals surface area contributed by atoms with E-state index in [0.717, 1.165) is 17.1 Å². The molecule has 0 aliphatic rings. The number of carbonyl (C=O) groups is 1. The van der Waals surface area contributed by atoms with Crippen molar-refractivity contribution in [2.45, 2.75) is 18.7 Å². The lowest BCUT2D eigenvalue weighted by molar-refractivity contribution is 0.0910. The highest BCUT2D eigenvalue weighted by Gasteiger charge is 2.15. The lowest BCUT2D eigenvalue weighted by atomic mass is 10.2. The SMILES string of the molecule is CSCc1ccc(C(=O)NC(C)c2cn[nH]c2)o1. The summed E-state index contributed by atoms with van der Waals surface area (Å²) in [6.45, 7) is 1.90. The third-order valence-electron chi connectivity index (χ3n) is 2.54. The van der Waals surface area contributed by atoms with Crippen molar-refractivity contribution >= 4 is 17.7 Å². The summed E-state index contributed by atoms with van der Waals surface area (Å²) in [6.07, 6.45) is 5.43. The zero-order chi connectivity index (χ0) is 13.0. The Labute approximate surface area is 109 Å². The standard InChI is InChI=1S/C12H15N3O2S/c1-8(9-5-13-14-6-9)15-12(16)11-4-3-10(17-11)7-18-2/h3-6,8H,7H2,1-2H3,(H,13,14)(H,15,16). The number of hydrogen-bond donors (Lipinski definition) is 2. The molecule has 0 bridgehead atoms. The van der Waals surface area contributed by atoms with Gasteiger partial charge >= 0.3 is 0 Å². The molecule has 0 radical (unpaired) electrons. The van der Waals surface area contributed by atoms with Gasteiger partial charge in [-0.05, 0) is 25.3 Å². The van der Waals surface area contributed by atoms with Gasteiger partial charge in [0.2, 0.25) is 0 Å². The third kappa shape index (κ3) is 2.95. The molecule has 18 heavy (non-hydrogen) atoms. The van der Waals surface area contributed by atoms with Crippen LogP contribution < -0.4 is 5.32 Å². The highest BCUT2D eigenvalue weighted by Crippen LogP contribution is 2.15. The molecule has 1 unspecified atom stereocenters. The smallest absolute Gasteiger partial charge is 0.287 e. The summed E-state index contributed by atoms with van der Waals surface area (Å²) < 4.78 is 5.45. The van der Waals surface area contributed by atoms with Crippen LogP contribution in [-0.2, 0) is 5.75 Å². The van der Waals surface area contributed by atoms with E-state index >= 15 is 0 Å². The maximum absolute atomic E-state index is 11.9. The Bertz CT molecular complexity index is 507. The summed E-state index contributed by atoms with van der Waals surface area (Å²) in [6, 6.07) is 3.42. The normalized spacial score (nSPS) is 12.3. The number of hydrogen-bond acceptors (Lipinski definition) is 4. The number of nitrogens with one attached hydrogen (secondary N) is 2. The number of thioether (sulfide) groups is 1. The predicted molar refractivity (Wildman–Crippen MR) is 70.4 cm³/mol. The van der Waals surface area contributed by atoms with E-state index in [9.17, 15) is 4.79 Å². The first-order valence-corrected chi connectivity index (χ1v) is 6.97. The maximum Gasteiger partial charge on any atom is 0.287 e. The molecular weight excluding hydrogens is 250 g/mol. The first-order chi connectivity index (χ1) is 8.70. The zero-order valence-corrected chi connectivity index (χ0v) is 11.1. The minimum absolute atomic E-state index is 0.106. The van der Waals surface area contributed by atoms with Crippen molar-refractivity contribution in [2.24, 2.45) is 0 Å². The van der Waals surface area contributed by atoms with E-state index in [4.69, 9.17) is 4.42 Å². The quantitative estimate of drug-likeness (QED) is 0.870. The van der Waals surface area contributed by atoms with Gasteiger partial charge in [0.25, 0.3) is 5.91 Å². The molecule has 1 atom stereocenters. The molecule has 0 saturated heterocycles. The fourth-order valence-electron chi connectivity index (χ4n) is 1.57. The highest BCUT2D eigenvalue weighted by atomic mass is 32.2. The number of nitrogens with zero attached hydrogens (tertiary/aromatic N) is 1. The molecule has 1 amide bonds. The number of aromatic nitrogens is 2. The monoisotopic (exact) mass is 265 g/mol. The molecule has 96 valence electrons. The van der Waals surface area contributed by atoms with E-state index in [-0.39, 0.29) is 11.9 Å². The number of H-pyrrole nitrogens is 1. The van der Waals surface area contributed by atoms with Crippen LogP contribution in [0.4, 0.5) is 0 Å². The van der Waals surface area contributed by atoms with E-state index < -0.39 is 0 Å². The van der Waals surface area contributed by atoms with E-state index in [1.165, 1.54) is 0 Å². The Morgan fingerprint density at radius 1 is 1.61 bits per heavy atom. The molecule has 2 N–H and O–H groups in total. The van der Waals surface area contributed by atoms with E-state index in [1.54, 1.807) is 30.2 Å². The van der Waals surface area contributed by atoms with Gasteiger partial charge in [-0.1, -0.05) is 0 Å². The molecule has 6 heteroatoms. The highest BCUT2D eigenvalue weighted by molar-refractivity contribution is 7.97. The molecule has 2 aromatic rings. The predicted octanol–water partition coefficient (Wildman–Crippen LogP) is 2.36. The second-order valence-electron chi connectivity index (χ2n) is 3.93. The summed E-state index contributed by atoms with van der Waals surface area (Å²) in [5, 5.41) is 9.42. The van der Waals surface area contributed by atoms with Gasteiger partial charge in [-0.25, -0.2) is 0 Å². The van der Waals surface area contributed by atoms with Crippen molar-refractivity contribution < 1.29 is 9.21 Å². The topological polar surface area (TPSA) is 70.9 Å². The van der Waals surface area contributed by atoms with Gasteiger partial charge in [0.05, 0.1) is 18.0 Å². The lowest BCUT2D eigenvalue weighted by Crippen LogP contribution is -2.25. The van der Waals surface area contributed by atoms with Gasteiger partial charge < -0.3 is 9.73 Å². The summed E-state index contributed by atoms with van der Waals surface area (Å²) >= 11 is 1.65. The van der Waals surface area contributed by atoms with Crippen LogP contribution in [-0.4, -0.2) is 22.4 Å². The molecule has 2 heterocycles. The van der Waals surface area contributed by atoms with Crippen LogP contribution >= 0.6 is 11.8 Å². The van der Waals surface area contributed by atoms with Crippen LogP contribution in [0.25, 0.3) is 0 Å². The summed E-state index contributed by atoms with van der Waals surface area (Å²) in [4.78, 5) is 11.9. The Kier molecular flexibility index (Phi) is 4.09. The first kappa shape index (κ1) is 12.8. The largest absolute Gasteiger partial charge is 0.455 e. The second kappa shape index (κ2) is 5.77. The average Bonchev–Trinajstić information content (AvgIpc) is 3.00. The lowest BCUT2D eigenvalue weighted by Gasteiger charge is -2.10. The number of furan rings is 1. The third-order valence-corrected chi connectivity index (χ3v) is 3.11. The van der Waals surface area contributed by atoms with Crippen molar-refractivity contribution in [2.75, 3.05) is 6.26 Å². The summed E-state index contributed by atoms with van der Waals surface area (Å²) in [5.74, 6) is 1.71. The van der Waals surface area contributed by atoms with Crippen LogP contribution in [0.5, 0.6) is 0 Å². The molecule has 2 rings (SSSR count). The van der Waals surface area contributed by atoms with Crippen molar-refractivity contribution in [1.82, 2.24) is 15.5 Å². The fourth-order valence-corrected chi connectivity index (χ4v) is 2.01. The second-order valence-corrected chi connectivity index (χ2v) is 4.79. The molecule has 0 saturated carbocycles. The minimum atomic E-state index is -0.212. The Morgan fingerprint density at radius 3 is 3.11 bits per heavy atom. The first-order valence-electron chi connectivity index (χ1n) is 5.58. The van der Waals surface area contributed by atoms with Crippen molar-refractivity contribution in [3.63, 3.8) is 0 Å². The molecule has 0 aliphatic carbocycles. The van der Waals surface area contributed by atoms with Crippen LogP contribution in [0.1, 0.15) is 34.8 Å². The number of rotatable bonds is 5. The molecule has 0 aromatic carbocycles. The Hall–Kier alpha value is -1.69. The maximum atomic E-state index is 11.9. The van der Waals surface area contributed by atoms with Gasteiger partial charge in [-0.3, -0.25) is 9.89 Å². The summed E-state index contributed by atoms with van der Waals surface area (Å²) in [7, 11) is 0. The van der Waals surface area contributed by atoms with Crippen LogP contribution in [0.15, 0.2) is 28.9 Å². The van der Waals surface area contributed by atoms with Gasteiger partial charge in [-0.15, -0.1) is 0 Å². The average molecular weight is 265 g/mol. The van der Waals surface area contributed by atoms with Crippen molar-refractivity contribution in [1.29, 1.82) is 0 Å². The summed E-state index contributed by atoms with van der Waals surface area (Å²) in [5.41, 5.74) is 0.930. The van der Waals surface area contributed by atoms with Gasteiger partial charge in [0.1, 0.15) is 5.76 Å². The number of carbonyl (C=O) groups excluding carboxylic acids is 1. The molecular formula is C12H15N3O2S. The van der Waals surface area contributed by atoms with Crippen molar-refractivity contribution in [3.8, 4) is 0 Å². The van der Waals surface area contributed by atoms with Crippen LogP contribution in [0.2, 0.25) is 0 Å². The zero-order valence-electron chi connectivity index (χ0n) is 10.3. The molecule has 0 fully saturated rings.